The van der Waals surface area contributed by atoms with Crippen LogP contribution in [0.1, 0.15) is 24.8 Å². The van der Waals surface area contributed by atoms with Crippen LogP contribution in [0, 0.1) is 0 Å². The van der Waals surface area contributed by atoms with Crippen LogP contribution >= 0.6 is 0 Å². The molecule has 0 radical (unpaired) electrons. The molecule has 1 aliphatic rings. The third kappa shape index (κ3) is 3.40. The molecule has 1 unspecified atom stereocenters. The highest BCUT2D eigenvalue weighted by atomic mass is 16.5. The minimum Gasteiger partial charge on any atom is -0.490 e. The molecule has 3 N–H and O–H groups in total. The fourth-order valence-corrected chi connectivity index (χ4v) is 3.39. The lowest BCUT2D eigenvalue weighted by atomic mass is 9.99. The van der Waals surface area contributed by atoms with Gasteiger partial charge in [0.25, 0.3) is 0 Å². The van der Waals surface area contributed by atoms with Crippen LogP contribution in [0.5, 0.6) is 17.2 Å². The number of nitrogens with zero attached hydrogens (tertiary/aromatic N) is 2. The van der Waals surface area contributed by atoms with Crippen molar-refractivity contribution in [3.8, 4) is 17.2 Å². The summed E-state index contributed by atoms with van der Waals surface area (Å²) in [7, 11) is 1.87. The number of anilines is 1. The zero-order valence-corrected chi connectivity index (χ0v) is 15.0. The fourth-order valence-electron chi connectivity index (χ4n) is 3.39. The van der Waals surface area contributed by atoms with Crippen LogP contribution in [0.15, 0.2) is 36.4 Å². The summed E-state index contributed by atoms with van der Waals surface area (Å²) in [6.07, 6.45) is 2.23. The Hall–Kier alpha value is -3.22. The Kier molecular flexibility index (Phi) is 4.35. The second-order valence-electron chi connectivity index (χ2n) is 6.74. The number of nitrogen functional groups attached to an aromatic ring is 1. The third-order valence-corrected chi connectivity index (χ3v) is 4.88. The quantitative estimate of drug-likeness (QED) is 0.716. The first-order valence-electron chi connectivity index (χ1n) is 8.91. The van der Waals surface area contributed by atoms with Crippen molar-refractivity contribution in [1.29, 1.82) is 0 Å². The number of imidazole rings is 1. The summed E-state index contributed by atoms with van der Waals surface area (Å²) >= 11 is 0. The van der Waals surface area contributed by atoms with E-state index in [2.05, 4.69) is 4.98 Å². The van der Waals surface area contributed by atoms with Crippen LogP contribution < -0.4 is 15.2 Å². The van der Waals surface area contributed by atoms with Gasteiger partial charge in [-0.25, -0.2) is 4.98 Å². The number of hydrogen-bond donors (Lipinski definition) is 2. The molecule has 0 bridgehead atoms. The second kappa shape index (κ2) is 6.83. The maximum Gasteiger partial charge on any atom is 0.303 e. The van der Waals surface area contributed by atoms with Gasteiger partial charge in [0.2, 0.25) is 5.95 Å². The number of nitrogens with two attached hydrogens (primary N) is 1. The van der Waals surface area contributed by atoms with E-state index in [1.165, 1.54) is 0 Å². The molecule has 0 spiro atoms. The van der Waals surface area contributed by atoms with Gasteiger partial charge < -0.3 is 24.9 Å². The van der Waals surface area contributed by atoms with Crippen molar-refractivity contribution < 1.29 is 19.4 Å². The van der Waals surface area contributed by atoms with Gasteiger partial charge in [0.15, 0.2) is 5.75 Å². The van der Waals surface area contributed by atoms with Crippen LogP contribution in [-0.2, 0) is 18.3 Å². The number of carboxylic acids is 1. The summed E-state index contributed by atoms with van der Waals surface area (Å²) in [6, 6.07) is 11.4. The fraction of sp³-hybridized carbons (Fsp3) is 0.300. The molecule has 0 saturated carbocycles. The van der Waals surface area contributed by atoms with E-state index in [1.54, 1.807) is 0 Å². The highest BCUT2D eigenvalue weighted by Gasteiger charge is 2.21. The molecule has 0 amide bonds. The Labute approximate surface area is 156 Å². The van der Waals surface area contributed by atoms with Gasteiger partial charge in [0.05, 0.1) is 11.6 Å². The molecule has 0 fully saturated rings. The second-order valence-corrected chi connectivity index (χ2v) is 6.74. The molecular formula is C20H21N3O4. The number of para-hydroxylation sites is 1. The van der Waals surface area contributed by atoms with Gasteiger partial charge in [0, 0.05) is 13.5 Å². The first-order valence-corrected chi connectivity index (χ1v) is 8.91. The summed E-state index contributed by atoms with van der Waals surface area (Å²) < 4.78 is 13.8. The summed E-state index contributed by atoms with van der Waals surface area (Å²) in [4.78, 5) is 15.1. The summed E-state index contributed by atoms with van der Waals surface area (Å²) in [5.41, 5.74) is 8.60. The van der Waals surface area contributed by atoms with Crippen molar-refractivity contribution >= 4 is 23.0 Å². The van der Waals surface area contributed by atoms with E-state index in [-0.39, 0.29) is 12.5 Å². The maximum absolute atomic E-state index is 10.7. The zero-order valence-electron chi connectivity index (χ0n) is 15.0. The third-order valence-electron chi connectivity index (χ3n) is 4.88. The van der Waals surface area contributed by atoms with Gasteiger partial charge in [-0.1, -0.05) is 6.07 Å². The van der Waals surface area contributed by atoms with Crippen molar-refractivity contribution in [3.05, 3.63) is 42.0 Å². The van der Waals surface area contributed by atoms with E-state index in [9.17, 15) is 4.79 Å². The van der Waals surface area contributed by atoms with Gasteiger partial charge in [-0.3, -0.25) is 4.79 Å². The van der Waals surface area contributed by atoms with Gasteiger partial charge in [-0.05, 0) is 55.2 Å². The Morgan fingerprint density at radius 3 is 3.07 bits per heavy atom. The molecule has 2 heterocycles. The molecule has 4 rings (SSSR count). The van der Waals surface area contributed by atoms with E-state index in [4.69, 9.17) is 20.3 Å². The number of carboxylic acid groups (broad SMARTS) is 1. The van der Waals surface area contributed by atoms with Gasteiger partial charge in [-0.2, -0.15) is 0 Å². The number of fused-ring (bicyclic) bond motifs is 2. The summed E-state index contributed by atoms with van der Waals surface area (Å²) in [6.45, 7) is 0. The lowest BCUT2D eigenvalue weighted by Crippen LogP contribution is -2.23. The molecule has 0 aliphatic carbocycles. The molecule has 1 aliphatic heterocycles. The van der Waals surface area contributed by atoms with E-state index >= 15 is 0 Å². The number of hydrogen-bond acceptors (Lipinski definition) is 5. The van der Waals surface area contributed by atoms with Crippen LogP contribution in [0.4, 0.5) is 5.95 Å². The van der Waals surface area contributed by atoms with Crippen LogP contribution in [0.2, 0.25) is 0 Å². The highest BCUT2D eigenvalue weighted by molar-refractivity contribution is 5.84. The molecule has 7 heteroatoms. The van der Waals surface area contributed by atoms with Crippen molar-refractivity contribution in [3.63, 3.8) is 0 Å². The molecule has 1 atom stereocenters. The molecule has 7 nitrogen and oxygen atoms in total. The normalized spacial score (nSPS) is 16.0. The Morgan fingerprint density at radius 1 is 1.41 bits per heavy atom. The predicted molar refractivity (Wildman–Crippen MR) is 101 cm³/mol. The number of benzene rings is 2. The number of aryl methyl sites for hydroxylation is 2. The van der Waals surface area contributed by atoms with E-state index in [0.717, 1.165) is 35.2 Å². The van der Waals surface area contributed by atoms with Gasteiger partial charge in [0.1, 0.15) is 17.0 Å². The largest absolute Gasteiger partial charge is 0.490 e. The minimum absolute atomic E-state index is 0.0504. The molecular weight excluding hydrogens is 346 g/mol. The van der Waals surface area contributed by atoms with Gasteiger partial charge >= 0.3 is 5.97 Å². The molecule has 0 saturated heterocycles. The standard InChI is InChI=1S/C20H21N3O4/c1-23-15-3-2-4-17(19(15)22-20(23)21)27-14-7-9-16-12(11-14)5-6-13(26-16)8-10-18(24)25/h2-4,7,9,11,13H,5-6,8,10H2,1H3,(H2,21,22)(H,24,25). The minimum atomic E-state index is -0.794. The Bertz CT molecular complexity index is 1010. The van der Waals surface area contributed by atoms with E-state index in [1.807, 2.05) is 48.0 Å². The molecule has 3 aromatic rings. The lowest BCUT2D eigenvalue weighted by Gasteiger charge is -2.26. The Balaban J connectivity index is 1.54. The average Bonchev–Trinajstić information content (AvgIpc) is 2.95. The number of aliphatic carboxylic acids is 1. The molecule has 140 valence electrons. The number of ether oxygens (including phenoxy) is 2. The molecule has 27 heavy (non-hydrogen) atoms. The average molecular weight is 367 g/mol. The summed E-state index contributed by atoms with van der Waals surface area (Å²) in [5.74, 6) is 1.79. The van der Waals surface area contributed by atoms with Crippen molar-refractivity contribution in [2.75, 3.05) is 5.73 Å². The smallest absolute Gasteiger partial charge is 0.303 e. The number of carbonyl (C=O) groups is 1. The van der Waals surface area contributed by atoms with E-state index in [0.29, 0.717) is 23.9 Å². The monoisotopic (exact) mass is 367 g/mol. The summed E-state index contributed by atoms with van der Waals surface area (Å²) in [5, 5.41) is 8.82. The van der Waals surface area contributed by atoms with Crippen molar-refractivity contribution in [2.45, 2.75) is 31.8 Å². The SMILES string of the molecule is Cn1c(N)nc2c(Oc3ccc4c(c3)CCC(CCC(=O)O)O4)cccc21. The van der Waals surface area contributed by atoms with E-state index < -0.39 is 5.97 Å². The first kappa shape index (κ1) is 17.2. The maximum atomic E-state index is 10.7. The first-order chi connectivity index (χ1) is 13.0. The number of aromatic nitrogens is 2. The van der Waals surface area contributed by atoms with Crippen LogP contribution in [0.25, 0.3) is 11.0 Å². The number of rotatable bonds is 5. The highest BCUT2D eigenvalue weighted by Crippen LogP contribution is 2.35. The van der Waals surface area contributed by atoms with Crippen LogP contribution in [0.3, 0.4) is 0 Å². The van der Waals surface area contributed by atoms with Gasteiger partial charge in [-0.15, -0.1) is 0 Å². The predicted octanol–water partition coefficient (Wildman–Crippen LogP) is 3.51. The lowest BCUT2D eigenvalue weighted by molar-refractivity contribution is -0.137. The molecule has 2 aromatic carbocycles. The Morgan fingerprint density at radius 2 is 2.26 bits per heavy atom. The zero-order chi connectivity index (χ0) is 19.0. The van der Waals surface area contributed by atoms with Crippen molar-refractivity contribution in [2.24, 2.45) is 7.05 Å². The molecule has 1 aromatic heterocycles. The van der Waals surface area contributed by atoms with Crippen molar-refractivity contribution in [1.82, 2.24) is 9.55 Å². The van der Waals surface area contributed by atoms with Crippen LogP contribution in [-0.4, -0.2) is 26.7 Å². The topological polar surface area (TPSA) is 99.6 Å².